The van der Waals surface area contributed by atoms with Crippen LogP contribution in [0.25, 0.3) is 10.6 Å². The van der Waals surface area contributed by atoms with Crippen LogP contribution in [0.3, 0.4) is 0 Å². The molecule has 0 bridgehead atoms. The zero-order valence-electron chi connectivity index (χ0n) is 10.1. The van der Waals surface area contributed by atoms with Crippen molar-refractivity contribution in [3.8, 4) is 16.3 Å². The highest BCUT2D eigenvalue weighted by Gasteiger charge is 2.13. The average Bonchev–Trinajstić information content (AvgIpc) is 2.59. The van der Waals surface area contributed by atoms with Crippen molar-refractivity contribution in [1.82, 2.24) is 4.98 Å². The topological polar surface area (TPSA) is 70.4 Å². The van der Waals surface area contributed by atoms with Crippen molar-refractivity contribution in [2.75, 3.05) is 0 Å². The van der Waals surface area contributed by atoms with Crippen LogP contribution in [0.4, 0.5) is 0 Å². The lowest BCUT2D eigenvalue weighted by Crippen LogP contribution is -1.99. The van der Waals surface area contributed by atoms with Crippen LogP contribution in [0.1, 0.15) is 16.1 Å². The van der Waals surface area contributed by atoms with Gasteiger partial charge in [0.15, 0.2) is 0 Å². The van der Waals surface area contributed by atoms with E-state index in [1.165, 1.54) is 11.3 Å². The molecule has 18 heavy (non-hydrogen) atoms. The van der Waals surface area contributed by atoms with E-state index in [-0.39, 0.29) is 12.2 Å². The molecule has 2 rings (SSSR count). The molecule has 0 amide bonds. The van der Waals surface area contributed by atoms with Crippen molar-refractivity contribution in [2.24, 2.45) is 0 Å². The summed E-state index contributed by atoms with van der Waals surface area (Å²) in [6, 6.07) is 5.08. The minimum Gasteiger partial charge on any atom is -0.508 e. The van der Waals surface area contributed by atoms with E-state index in [2.05, 4.69) is 4.98 Å². The Kier molecular flexibility index (Phi) is 3.34. The zero-order chi connectivity index (χ0) is 13.3. The summed E-state index contributed by atoms with van der Waals surface area (Å²) in [5.41, 5.74) is 2.60. The van der Waals surface area contributed by atoms with Gasteiger partial charge in [0.25, 0.3) is 0 Å². The smallest absolute Gasteiger partial charge is 0.308 e. The Hall–Kier alpha value is -1.88. The van der Waals surface area contributed by atoms with Gasteiger partial charge in [-0.25, -0.2) is 4.98 Å². The first kappa shape index (κ1) is 12.6. The summed E-state index contributed by atoms with van der Waals surface area (Å²) in [6.07, 6.45) is 0.000626. The van der Waals surface area contributed by atoms with Crippen molar-refractivity contribution in [1.29, 1.82) is 0 Å². The standard InChI is InChI=1S/C13H13NO3S/c1-7-5-9(15)3-4-10(7)13-14-8(2)11(18-13)6-12(16)17/h3-5,15H,6H2,1-2H3,(H,16,17). The summed E-state index contributed by atoms with van der Waals surface area (Å²) in [6.45, 7) is 3.71. The largest absolute Gasteiger partial charge is 0.508 e. The lowest BCUT2D eigenvalue weighted by atomic mass is 10.1. The first-order valence-corrected chi connectivity index (χ1v) is 6.27. The van der Waals surface area contributed by atoms with Gasteiger partial charge in [0.2, 0.25) is 0 Å². The maximum atomic E-state index is 10.7. The minimum atomic E-state index is -0.851. The second-order valence-corrected chi connectivity index (χ2v) is 5.18. The lowest BCUT2D eigenvalue weighted by molar-refractivity contribution is -0.136. The van der Waals surface area contributed by atoms with Gasteiger partial charge in [0.1, 0.15) is 10.8 Å². The second-order valence-electron chi connectivity index (χ2n) is 4.10. The molecule has 0 saturated carbocycles. The number of rotatable bonds is 3. The number of thiazole rings is 1. The molecule has 0 aliphatic heterocycles. The highest BCUT2D eigenvalue weighted by molar-refractivity contribution is 7.15. The molecular weight excluding hydrogens is 250 g/mol. The second kappa shape index (κ2) is 4.78. The van der Waals surface area contributed by atoms with Crippen molar-refractivity contribution in [2.45, 2.75) is 20.3 Å². The summed E-state index contributed by atoms with van der Waals surface area (Å²) in [5, 5.41) is 19.0. The molecule has 0 saturated heterocycles. The first-order valence-electron chi connectivity index (χ1n) is 5.45. The van der Waals surface area contributed by atoms with Crippen LogP contribution in [-0.4, -0.2) is 21.2 Å². The molecule has 0 atom stereocenters. The fourth-order valence-corrected chi connectivity index (χ4v) is 2.88. The SMILES string of the molecule is Cc1cc(O)ccc1-c1nc(C)c(CC(=O)O)s1. The maximum absolute atomic E-state index is 10.7. The third kappa shape index (κ3) is 2.51. The zero-order valence-corrected chi connectivity index (χ0v) is 10.9. The Morgan fingerprint density at radius 1 is 1.39 bits per heavy atom. The van der Waals surface area contributed by atoms with Crippen LogP contribution in [0, 0.1) is 13.8 Å². The van der Waals surface area contributed by atoms with Gasteiger partial charge in [0, 0.05) is 10.4 Å². The number of carboxylic acids is 1. The number of aliphatic carboxylic acids is 1. The molecule has 0 aliphatic carbocycles. The van der Waals surface area contributed by atoms with E-state index in [9.17, 15) is 9.90 Å². The van der Waals surface area contributed by atoms with Crippen LogP contribution < -0.4 is 0 Å². The van der Waals surface area contributed by atoms with Gasteiger partial charge in [-0.15, -0.1) is 11.3 Å². The Morgan fingerprint density at radius 3 is 2.72 bits per heavy atom. The summed E-state index contributed by atoms with van der Waals surface area (Å²) in [5.74, 6) is -0.633. The quantitative estimate of drug-likeness (QED) is 0.893. The number of benzene rings is 1. The monoisotopic (exact) mass is 263 g/mol. The Labute approximate surface area is 109 Å². The van der Waals surface area contributed by atoms with Gasteiger partial charge in [-0.3, -0.25) is 4.79 Å². The van der Waals surface area contributed by atoms with Gasteiger partial charge >= 0.3 is 5.97 Å². The van der Waals surface area contributed by atoms with Crippen LogP contribution in [-0.2, 0) is 11.2 Å². The van der Waals surface area contributed by atoms with Crippen LogP contribution in [0.2, 0.25) is 0 Å². The van der Waals surface area contributed by atoms with Crippen molar-refractivity contribution >= 4 is 17.3 Å². The molecule has 5 heteroatoms. The molecule has 0 radical (unpaired) electrons. The average molecular weight is 263 g/mol. The molecule has 4 nitrogen and oxygen atoms in total. The van der Waals surface area contributed by atoms with E-state index in [0.29, 0.717) is 0 Å². The van der Waals surface area contributed by atoms with Gasteiger partial charge in [-0.05, 0) is 37.6 Å². The van der Waals surface area contributed by atoms with Crippen molar-refractivity contribution in [3.05, 3.63) is 34.3 Å². The molecule has 1 heterocycles. The first-order chi connectivity index (χ1) is 8.47. The summed E-state index contributed by atoms with van der Waals surface area (Å²) >= 11 is 1.39. The Bertz CT molecular complexity index is 604. The lowest BCUT2D eigenvalue weighted by Gasteiger charge is -2.02. The van der Waals surface area contributed by atoms with Crippen molar-refractivity contribution in [3.63, 3.8) is 0 Å². The van der Waals surface area contributed by atoms with Gasteiger partial charge in [0.05, 0.1) is 12.1 Å². The number of hydrogen-bond donors (Lipinski definition) is 2. The molecule has 0 unspecified atom stereocenters. The fraction of sp³-hybridized carbons (Fsp3) is 0.231. The normalized spacial score (nSPS) is 10.6. The van der Waals surface area contributed by atoms with E-state index in [1.807, 2.05) is 13.8 Å². The van der Waals surface area contributed by atoms with Crippen molar-refractivity contribution < 1.29 is 15.0 Å². The molecule has 94 valence electrons. The summed E-state index contributed by atoms with van der Waals surface area (Å²) < 4.78 is 0. The number of aryl methyl sites for hydroxylation is 2. The molecule has 2 N–H and O–H groups in total. The van der Waals surface area contributed by atoms with Gasteiger partial charge < -0.3 is 10.2 Å². The number of hydrogen-bond acceptors (Lipinski definition) is 4. The molecule has 1 aromatic heterocycles. The highest BCUT2D eigenvalue weighted by atomic mass is 32.1. The number of nitrogens with zero attached hydrogens (tertiary/aromatic N) is 1. The van der Waals surface area contributed by atoms with Gasteiger partial charge in [-0.2, -0.15) is 0 Å². The van der Waals surface area contributed by atoms with E-state index in [1.54, 1.807) is 18.2 Å². The third-order valence-electron chi connectivity index (χ3n) is 2.64. The number of phenolic OH excluding ortho intramolecular Hbond substituents is 1. The number of carboxylic acid groups (broad SMARTS) is 1. The van der Waals surface area contributed by atoms with Gasteiger partial charge in [-0.1, -0.05) is 0 Å². The van der Waals surface area contributed by atoms with E-state index in [0.717, 1.165) is 26.7 Å². The van der Waals surface area contributed by atoms with Crippen LogP contribution in [0.15, 0.2) is 18.2 Å². The Morgan fingerprint density at radius 2 is 2.11 bits per heavy atom. The molecule has 0 fully saturated rings. The highest BCUT2D eigenvalue weighted by Crippen LogP contribution is 2.31. The molecule has 1 aromatic carbocycles. The van der Waals surface area contributed by atoms with E-state index < -0.39 is 5.97 Å². The number of aromatic hydroxyl groups is 1. The van der Waals surface area contributed by atoms with Crippen LogP contribution >= 0.6 is 11.3 Å². The maximum Gasteiger partial charge on any atom is 0.308 e. The Balaban J connectivity index is 2.42. The number of phenols is 1. The molecular formula is C13H13NO3S. The molecule has 0 aliphatic rings. The molecule has 0 spiro atoms. The predicted octanol–water partition coefficient (Wildman–Crippen LogP) is 2.76. The predicted molar refractivity (Wildman–Crippen MR) is 70.0 cm³/mol. The van der Waals surface area contributed by atoms with Crippen LogP contribution in [0.5, 0.6) is 5.75 Å². The fourth-order valence-electron chi connectivity index (χ4n) is 1.73. The molecule has 2 aromatic rings. The van der Waals surface area contributed by atoms with E-state index in [4.69, 9.17) is 5.11 Å². The number of carbonyl (C=O) groups is 1. The van der Waals surface area contributed by atoms with E-state index >= 15 is 0 Å². The number of aromatic nitrogens is 1. The third-order valence-corrected chi connectivity index (χ3v) is 3.84. The summed E-state index contributed by atoms with van der Waals surface area (Å²) in [4.78, 5) is 15.9. The minimum absolute atomic E-state index is 0.000626. The summed E-state index contributed by atoms with van der Waals surface area (Å²) in [7, 11) is 0.